The number of benzene rings is 2. The predicted molar refractivity (Wildman–Crippen MR) is 88.4 cm³/mol. The van der Waals surface area contributed by atoms with Crippen LogP contribution in [0.2, 0.25) is 0 Å². The molecule has 24 heavy (non-hydrogen) atoms. The van der Waals surface area contributed by atoms with Gasteiger partial charge in [-0.05, 0) is 55.7 Å². The number of ether oxygens (including phenoxy) is 1. The molecule has 4 nitrogen and oxygen atoms in total. The van der Waals surface area contributed by atoms with Crippen LogP contribution in [0.25, 0.3) is 0 Å². The van der Waals surface area contributed by atoms with Crippen LogP contribution >= 0.6 is 0 Å². The van der Waals surface area contributed by atoms with E-state index in [1.165, 1.54) is 24.3 Å². The number of carbonyl (C=O) groups excluding carboxylic acids is 2. The lowest BCUT2D eigenvalue weighted by molar-refractivity contribution is -0.122. The summed E-state index contributed by atoms with van der Waals surface area (Å²) in [5.41, 5.74) is 2.21. The van der Waals surface area contributed by atoms with Gasteiger partial charge in [0, 0.05) is 11.7 Å². The molecule has 124 valence electrons. The summed E-state index contributed by atoms with van der Waals surface area (Å²) in [6.07, 6.45) is 1.80. The van der Waals surface area contributed by atoms with E-state index in [1.54, 1.807) is 4.90 Å². The fourth-order valence-electron chi connectivity index (χ4n) is 2.93. The van der Waals surface area contributed by atoms with E-state index in [-0.39, 0.29) is 24.1 Å². The topological polar surface area (TPSA) is 46.6 Å². The Morgan fingerprint density at radius 2 is 1.88 bits per heavy atom. The van der Waals surface area contributed by atoms with Gasteiger partial charge in [-0.2, -0.15) is 0 Å². The van der Waals surface area contributed by atoms with Gasteiger partial charge in [0.05, 0.1) is 5.56 Å². The van der Waals surface area contributed by atoms with E-state index in [4.69, 9.17) is 4.74 Å². The summed E-state index contributed by atoms with van der Waals surface area (Å²) in [5, 5.41) is 0. The van der Waals surface area contributed by atoms with Gasteiger partial charge in [0.25, 0.3) is 5.91 Å². The highest BCUT2D eigenvalue weighted by Gasteiger charge is 2.28. The van der Waals surface area contributed by atoms with Crippen LogP contribution in [0.4, 0.5) is 10.1 Å². The van der Waals surface area contributed by atoms with Crippen LogP contribution < -0.4 is 4.90 Å². The lowest BCUT2D eigenvalue weighted by Crippen LogP contribution is -2.44. The first-order chi connectivity index (χ1) is 11.6. The second kappa shape index (κ2) is 6.83. The highest BCUT2D eigenvalue weighted by Crippen LogP contribution is 2.30. The quantitative estimate of drug-likeness (QED) is 0.812. The maximum absolute atomic E-state index is 12.9. The molecule has 0 N–H and O–H groups in total. The molecule has 1 unspecified atom stereocenters. The highest BCUT2D eigenvalue weighted by molar-refractivity contribution is 5.98. The monoisotopic (exact) mass is 327 g/mol. The fourth-order valence-corrected chi connectivity index (χ4v) is 2.93. The van der Waals surface area contributed by atoms with Crippen molar-refractivity contribution in [3.8, 4) is 0 Å². The minimum absolute atomic E-state index is 0.0527. The number of hydrogen-bond acceptors (Lipinski definition) is 3. The number of amides is 1. The van der Waals surface area contributed by atoms with Crippen LogP contribution in [-0.2, 0) is 16.0 Å². The van der Waals surface area contributed by atoms with Crippen LogP contribution in [0.5, 0.6) is 0 Å². The molecule has 5 heteroatoms. The molecule has 0 saturated carbocycles. The molecule has 1 heterocycles. The summed E-state index contributed by atoms with van der Waals surface area (Å²) in [7, 11) is 0. The third-order valence-electron chi connectivity index (χ3n) is 4.20. The van der Waals surface area contributed by atoms with Crippen molar-refractivity contribution in [2.75, 3.05) is 11.5 Å². The van der Waals surface area contributed by atoms with E-state index in [9.17, 15) is 14.0 Å². The van der Waals surface area contributed by atoms with E-state index < -0.39 is 11.8 Å². The second-order valence-electron chi connectivity index (χ2n) is 5.86. The predicted octanol–water partition coefficient (Wildman–Crippen LogP) is 3.35. The molecule has 2 aromatic rings. The van der Waals surface area contributed by atoms with E-state index in [1.807, 2.05) is 31.2 Å². The average Bonchev–Trinajstić information content (AvgIpc) is 2.60. The van der Waals surface area contributed by atoms with Crippen LogP contribution in [-0.4, -0.2) is 24.5 Å². The molecule has 1 aliphatic heterocycles. The minimum Gasteiger partial charge on any atom is -0.452 e. The number of rotatable bonds is 3. The zero-order chi connectivity index (χ0) is 17.1. The van der Waals surface area contributed by atoms with Crippen molar-refractivity contribution in [3.05, 3.63) is 65.5 Å². The Labute approximate surface area is 139 Å². The molecule has 1 aliphatic rings. The minimum atomic E-state index is -0.638. The van der Waals surface area contributed by atoms with Gasteiger partial charge in [0.1, 0.15) is 5.82 Å². The Morgan fingerprint density at radius 3 is 2.62 bits per heavy atom. The molecule has 0 fully saturated rings. The molecule has 0 radical (unpaired) electrons. The van der Waals surface area contributed by atoms with Crippen molar-refractivity contribution in [2.24, 2.45) is 0 Å². The summed E-state index contributed by atoms with van der Waals surface area (Å²) >= 11 is 0. The van der Waals surface area contributed by atoms with Gasteiger partial charge < -0.3 is 9.64 Å². The Bertz CT molecular complexity index is 757. The first-order valence-electron chi connectivity index (χ1n) is 7.89. The Balaban J connectivity index is 1.69. The molecule has 3 rings (SSSR count). The van der Waals surface area contributed by atoms with Crippen molar-refractivity contribution in [1.82, 2.24) is 0 Å². The molecule has 0 spiro atoms. The Morgan fingerprint density at radius 1 is 1.17 bits per heavy atom. The largest absolute Gasteiger partial charge is 0.452 e. The molecule has 0 saturated heterocycles. The summed E-state index contributed by atoms with van der Waals surface area (Å²) in [5.74, 6) is -1.33. The highest BCUT2D eigenvalue weighted by atomic mass is 19.1. The van der Waals surface area contributed by atoms with Gasteiger partial charge in [-0.1, -0.05) is 18.2 Å². The SMILES string of the molecule is CC1CCc2ccccc2N1C(=O)COC(=O)c1ccc(F)cc1. The Hall–Kier alpha value is -2.69. The molecule has 1 atom stereocenters. The molecular weight excluding hydrogens is 309 g/mol. The zero-order valence-electron chi connectivity index (χ0n) is 13.4. The number of hydrogen-bond donors (Lipinski definition) is 0. The summed E-state index contributed by atoms with van der Waals surface area (Å²) in [4.78, 5) is 26.2. The van der Waals surface area contributed by atoms with Gasteiger partial charge >= 0.3 is 5.97 Å². The van der Waals surface area contributed by atoms with Gasteiger partial charge in [-0.3, -0.25) is 4.79 Å². The van der Waals surface area contributed by atoms with E-state index in [0.29, 0.717) is 0 Å². The number of esters is 1. The summed E-state index contributed by atoms with van der Waals surface area (Å²) in [6, 6.07) is 12.8. The van der Waals surface area contributed by atoms with Crippen molar-refractivity contribution < 1.29 is 18.7 Å². The molecule has 0 aromatic heterocycles. The number of halogens is 1. The van der Waals surface area contributed by atoms with Crippen LogP contribution in [0, 0.1) is 5.82 Å². The average molecular weight is 327 g/mol. The van der Waals surface area contributed by atoms with E-state index in [2.05, 4.69) is 0 Å². The van der Waals surface area contributed by atoms with Crippen molar-refractivity contribution >= 4 is 17.6 Å². The Kier molecular flexibility index (Phi) is 4.60. The van der Waals surface area contributed by atoms with Crippen LogP contribution in [0.3, 0.4) is 0 Å². The molecule has 1 amide bonds. The number of carbonyl (C=O) groups is 2. The molecule has 0 bridgehead atoms. The third kappa shape index (κ3) is 3.30. The number of nitrogens with zero attached hydrogens (tertiary/aromatic N) is 1. The first kappa shape index (κ1) is 16.2. The van der Waals surface area contributed by atoms with Crippen molar-refractivity contribution in [3.63, 3.8) is 0 Å². The summed E-state index contributed by atoms with van der Waals surface area (Å²) in [6.45, 7) is 1.64. The van der Waals surface area contributed by atoms with Crippen molar-refractivity contribution in [1.29, 1.82) is 0 Å². The smallest absolute Gasteiger partial charge is 0.338 e. The fraction of sp³-hybridized carbons (Fsp3) is 0.263. The van der Waals surface area contributed by atoms with E-state index in [0.717, 1.165) is 24.1 Å². The maximum Gasteiger partial charge on any atom is 0.338 e. The molecular formula is C19H18FNO3. The zero-order valence-corrected chi connectivity index (χ0v) is 13.4. The lowest BCUT2D eigenvalue weighted by Gasteiger charge is -2.35. The summed E-state index contributed by atoms with van der Waals surface area (Å²) < 4.78 is 18.0. The van der Waals surface area contributed by atoms with Gasteiger partial charge in [-0.15, -0.1) is 0 Å². The standard InChI is InChI=1S/C19H18FNO3/c1-13-6-7-14-4-2-3-5-17(14)21(13)18(22)12-24-19(23)15-8-10-16(20)11-9-15/h2-5,8-11,13H,6-7,12H2,1H3. The lowest BCUT2D eigenvalue weighted by atomic mass is 9.96. The number of anilines is 1. The molecule has 2 aromatic carbocycles. The molecule has 0 aliphatic carbocycles. The van der Waals surface area contributed by atoms with Crippen LogP contribution in [0.1, 0.15) is 29.3 Å². The first-order valence-corrected chi connectivity index (χ1v) is 7.89. The van der Waals surface area contributed by atoms with Gasteiger partial charge in [-0.25, -0.2) is 9.18 Å². The maximum atomic E-state index is 12.9. The normalized spacial score (nSPS) is 16.4. The number of para-hydroxylation sites is 1. The van der Waals surface area contributed by atoms with Gasteiger partial charge in [0.15, 0.2) is 6.61 Å². The number of aryl methyl sites for hydroxylation is 1. The van der Waals surface area contributed by atoms with Crippen LogP contribution in [0.15, 0.2) is 48.5 Å². The van der Waals surface area contributed by atoms with E-state index >= 15 is 0 Å². The third-order valence-corrected chi connectivity index (χ3v) is 4.20. The van der Waals surface area contributed by atoms with Gasteiger partial charge in [0.2, 0.25) is 0 Å². The number of fused-ring (bicyclic) bond motifs is 1. The van der Waals surface area contributed by atoms with Crippen molar-refractivity contribution in [2.45, 2.75) is 25.8 Å². The second-order valence-corrected chi connectivity index (χ2v) is 5.86.